The Labute approximate surface area is 145 Å². The highest BCUT2D eigenvalue weighted by molar-refractivity contribution is 5.80. The van der Waals surface area contributed by atoms with E-state index in [9.17, 15) is 22.8 Å². The van der Waals surface area contributed by atoms with Gasteiger partial charge in [0.15, 0.2) is 0 Å². The molecule has 0 amide bonds. The Morgan fingerprint density at radius 2 is 1.68 bits per heavy atom. The first-order valence-electron chi connectivity index (χ1n) is 7.95. The monoisotopic (exact) mass is 360 g/mol. The van der Waals surface area contributed by atoms with Crippen LogP contribution in [0.1, 0.15) is 45.6 Å². The largest absolute Gasteiger partial charge is 0.461 e. The maximum absolute atomic E-state index is 12.5. The van der Waals surface area contributed by atoms with Crippen molar-refractivity contribution >= 4 is 11.9 Å². The minimum absolute atomic E-state index is 0.0590. The molecule has 0 fully saturated rings. The molecule has 1 rings (SSSR count). The van der Waals surface area contributed by atoms with Gasteiger partial charge in [0, 0.05) is 6.42 Å². The van der Waals surface area contributed by atoms with E-state index in [1.165, 1.54) is 0 Å². The van der Waals surface area contributed by atoms with E-state index in [-0.39, 0.29) is 6.61 Å². The minimum Gasteiger partial charge on any atom is -0.461 e. The van der Waals surface area contributed by atoms with Crippen molar-refractivity contribution in [1.82, 2.24) is 0 Å². The van der Waals surface area contributed by atoms with Gasteiger partial charge in [0.05, 0.1) is 12.3 Å². The molecule has 4 nitrogen and oxygen atoms in total. The van der Waals surface area contributed by atoms with Crippen molar-refractivity contribution in [2.75, 3.05) is 0 Å². The lowest BCUT2D eigenvalue weighted by molar-refractivity contribution is -0.165. The van der Waals surface area contributed by atoms with Gasteiger partial charge in [-0.3, -0.25) is 9.59 Å². The zero-order valence-corrected chi connectivity index (χ0v) is 14.6. The van der Waals surface area contributed by atoms with Gasteiger partial charge in [0.1, 0.15) is 12.2 Å². The molecule has 0 radical (unpaired) electrons. The van der Waals surface area contributed by atoms with Crippen LogP contribution in [0.3, 0.4) is 0 Å². The van der Waals surface area contributed by atoms with Crippen molar-refractivity contribution < 1.29 is 32.2 Å². The normalized spacial score (nSPS) is 13.2. The van der Waals surface area contributed by atoms with E-state index < -0.39 is 48.9 Å². The van der Waals surface area contributed by atoms with Crippen molar-refractivity contribution in [2.24, 2.45) is 5.92 Å². The third-order valence-electron chi connectivity index (χ3n) is 3.17. The molecule has 0 saturated heterocycles. The predicted molar refractivity (Wildman–Crippen MR) is 85.5 cm³/mol. The maximum atomic E-state index is 12.5. The summed E-state index contributed by atoms with van der Waals surface area (Å²) in [6.45, 7) is 4.87. The fourth-order valence-corrected chi connectivity index (χ4v) is 2.07. The van der Waals surface area contributed by atoms with Gasteiger partial charge in [-0.25, -0.2) is 0 Å². The first-order chi connectivity index (χ1) is 11.5. The van der Waals surface area contributed by atoms with E-state index in [1.54, 1.807) is 51.1 Å². The fourth-order valence-electron chi connectivity index (χ4n) is 2.07. The van der Waals surface area contributed by atoms with Crippen molar-refractivity contribution in [1.29, 1.82) is 0 Å². The number of rotatable bonds is 7. The highest BCUT2D eigenvalue weighted by Crippen LogP contribution is 2.27. The highest BCUT2D eigenvalue weighted by Gasteiger charge is 2.33. The van der Waals surface area contributed by atoms with Crippen LogP contribution < -0.4 is 0 Å². The van der Waals surface area contributed by atoms with Crippen LogP contribution in [0.2, 0.25) is 0 Å². The average Bonchev–Trinajstić information content (AvgIpc) is 2.47. The SMILES string of the molecule is CC(C)(C)OC(=O)C[C@@H](CCC(F)(F)F)C(=O)OCc1ccccc1. The summed E-state index contributed by atoms with van der Waals surface area (Å²) >= 11 is 0. The lowest BCUT2D eigenvalue weighted by atomic mass is 9.99. The summed E-state index contributed by atoms with van der Waals surface area (Å²) in [6, 6.07) is 8.76. The molecular weight excluding hydrogens is 337 g/mol. The zero-order chi connectivity index (χ0) is 19.1. The standard InChI is InChI=1S/C18H23F3O4/c1-17(2,3)25-15(22)11-14(9-10-18(19,20)21)16(23)24-12-13-7-5-4-6-8-13/h4-8,14H,9-12H2,1-3H3/t14-/m1/s1. The summed E-state index contributed by atoms with van der Waals surface area (Å²) < 4.78 is 47.6. The Balaban J connectivity index is 2.68. The van der Waals surface area contributed by atoms with Crippen molar-refractivity contribution in [3.63, 3.8) is 0 Å². The van der Waals surface area contributed by atoms with Gasteiger partial charge in [-0.05, 0) is 32.8 Å². The fraction of sp³-hybridized carbons (Fsp3) is 0.556. The van der Waals surface area contributed by atoms with E-state index in [1.807, 2.05) is 0 Å². The van der Waals surface area contributed by atoms with E-state index in [0.717, 1.165) is 0 Å². The van der Waals surface area contributed by atoms with Crippen LogP contribution in [0.5, 0.6) is 0 Å². The molecule has 0 bridgehead atoms. The number of hydrogen-bond donors (Lipinski definition) is 0. The maximum Gasteiger partial charge on any atom is 0.389 e. The first kappa shape index (κ1) is 21.0. The Morgan fingerprint density at radius 1 is 1.08 bits per heavy atom. The molecule has 1 atom stereocenters. The van der Waals surface area contributed by atoms with Crippen molar-refractivity contribution in [2.45, 2.75) is 58.4 Å². The van der Waals surface area contributed by atoms with E-state index in [0.29, 0.717) is 5.56 Å². The lowest BCUT2D eigenvalue weighted by Gasteiger charge is -2.22. The molecule has 7 heteroatoms. The second-order valence-corrected chi connectivity index (χ2v) is 6.73. The summed E-state index contributed by atoms with van der Waals surface area (Å²) in [5, 5.41) is 0. The van der Waals surface area contributed by atoms with Gasteiger partial charge in [-0.15, -0.1) is 0 Å². The molecule has 0 saturated carbocycles. The van der Waals surface area contributed by atoms with E-state index in [4.69, 9.17) is 9.47 Å². The molecule has 25 heavy (non-hydrogen) atoms. The number of benzene rings is 1. The number of halogens is 3. The average molecular weight is 360 g/mol. The van der Waals surface area contributed by atoms with Gasteiger partial charge in [-0.1, -0.05) is 30.3 Å². The van der Waals surface area contributed by atoms with Gasteiger partial charge in [0.25, 0.3) is 0 Å². The van der Waals surface area contributed by atoms with Crippen molar-refractivity contribution in [3.8, 4) is 0 Å². The summed E-state index contributed by atoms with van der Waals surface area (Å²) in [6.07, 6.45) is -6.54. The second kappa shape index (κ2) is 8.87. The molecule has 0 unspecified atom stereocenters. The topological polar surface area (TPSA) is 52.6 Å². The van der Waals surface area contributed by atoms with Gasteiger partial charge >= 0.3 is 18.1 Å². The molecule has 0 spiro atoms. The lowest BCUT2D eigenvalue weighted by Crippen LogP contribution is -2.28. The number of hydrogen-bond acceptors (Lipinski definition) is 4. The summed E-state index contributed by atoms with van der Waals surface area (Å²) in [7, 11) is 0. The molecule has 1 aromatic carbocycles. The Bertz CT molecular complexity index is 562. The van der Waals surface area contributed by atoms with Crippen LogP contribution in [0, 0.1) is 5.92 Å². The minimum atomic E-state index is -4.41. The molecule has 0 N–H and O–H groups in total. The van der Waals surface area contributed by atoms with Crippen molar-refractivity contribution in [3.05, 3.63) is 35.9 Å². The van der Waals surface area contributed by atoms with Crippen LogP contribution in [0.4, 0.5) is 13.2 Å². The number of carbonyl (C=O) groups is 2. The third-order valence-corrected chi connectivity index (χ3v) is 3.17. The molecule has 0 aliphatic carbocycles. The Kier molecular flexibility index (Phi) is 7.45. The Hall–Kier alpha value is -2.05. The van der Waals surface area contributed by atoms with Crippen LogP contribution in [0.15, 0.2) is 30.3 Å². The molecular formula is C18H23F3O4. The predicted octanol–water partition coefficient (Wildman–Crippen LogP) is 4.42. The number of ether oxygens (including phenoxy) is 2. The van der Waals surface area contributed by atoms with Gasteiger partial charge in [0.2, 0.25) is 0 Å². The summed E-state index contributed by atoms with van der Waals surface area (Å²) in [5.41, 5.74) is -0.0673. The first-order valence-corrected chi connectivity index (χ1v) is 7.95. The highest BCUT2D eigenvalue weighted by atomic mass is 19.4. The molecule has 0 aliphatic heterocycles. The molecule has 1 aromatic rings. The summed E-state index contributed by atoms with van der Waals surface area (Å²) in [4.78, 5) is 24.0. The van der Waals surface area contributed by atoms with E-state index in [2.05, 4.69) is 0 Å². The molecule has 0 aliphatic rings. The zero-order valence-electron chi connectivity index (χ0n) is 14.6. The van der Waals surface area contributed by atoms with Crippen LogP contribution in [-0.2, 0) is 25.7 Å². The quantitative estimate of drug-likeness (QED) is 0.676. The molecule has 0 heterocycles. The number of alkyl halides is 3. The third kappa shape index (κ3) is 9.74. The number of esters is 2. The summed E-state index contributed by atoms with van der Waals surface area (Å²) in [5.74, 6) is -2.75. The van der Waals surface area contributed by atoms with Gasteiger partial charge < -0.3 is 9.47 Å². The smallest absolute Gasteiger partial charge is 0.389 e. The molecule has 140 valence electrons. The number of carbonyl (C=O) groups excluding carboxylic acids is 2. The van der Waals surface area contributed by atoms with Crippen LogP contribution >= 0.6 is 0 Å². The second-order valence-electron chi connectivity index (χ2n) is 6.73. The molecule has 0 aromatic heterocycles. The Morgan fingerprint density at radius 3 is 2.20 bits per heavy atom. The van der Waals surface area contributed by atoms with Gasteiger partial charge in [-0.2, -0.15) is 13.2 Å². The van der Waals surface area contributed by atoms with Crippen LogP contribution in [-0.4, -0.2) is 23.7 Å². The van der Waals surface area contributed by atoms with E-state index >= 15 is 0 Å². The van der Waals surface area contributed by atoms with Crippen LogP contribution in [0.25, 0.3) is 0 Å².